The van der Waals surface area contributed by atoms with Gasteiger partial charge in [-0.05, 0) is 68.6 Å². The third-order valence-electron chi connectivity index (χ3n) is 7.59. The Kier molecular flexibility index (Phi) is 7.86. The molecule has 2 fully saturated rings. The number of nitrogens with one attached hydrogen (secondary N) is 1. The third kappa shape index (κ3) is 5.82. The lowest BCUT2D eigenvalue weighted by Gasteiger charge is -2.44. The van der Waals surface area contributed by atoms with Gasteiger partial charge >= 0.3 is 18.4 Å². The van der Waals surface area contributed by atoms with E-state index in [2.05, 4.69) is 5.32 Å². The summed E-state index contributed by atoms with van der Waals surface area (Å²) in [6.07, 6.45) is -9.72. The van der Waals surface area contributed by atoms with Gasteiger partial charge in [0.2, 0.25) is 0 Å². The third-order valence-corrected chi connectivity index (χ3v) is 8.59. The van der Waals surface area contributed by atoms with Crippen LogP contribution in [-0.4, -0.2) is 43.0 Å². The quantitative estimate of drug-likeness (QED) is 0.182. The summed E-state index contributed by atoms with van der Waals surface area (Å²) in [5, 5.41) is 2.79. The molecule has 39 heavy (non-hydrogen) atoms. The Bertz CT molecular complexity index is 1200. The SMILES string of the molecule is [B]P(C)N1C(=O)NC2(CCC(CO[C@H](C)c3cc(C(F)(F)F)cc(C(F)(F)F)c3)(c3ccccc3)CC2)C1=O. The molecule has 13 heteroatoms. The summed E-state index contributed by atoms with van der Waals surface area (Å²) in [4.78, 5) is 25.6. The van der Waals surface area contributed by atoms with Crippen molar-refractivity contribution in [1.29, 1.82) is 0 Å². The Hall–Kier alpha value is -2.59. The van der Waals surface area contributed by atoms with Crippen LogP contribution >= 0.6 is 7.95 Å². The number of carbonyl (C=O) groups excluding carboxylic acids is 2. The lowest BCUT2D eigenvalue weighted by Crippen LogP contribution is -2.53. The second-order valence-corrected chi connectivity index (χ2v) is 11.7. The van der Waals surface area contributed by atoms with Gasteiger partial charge in [-0.25, -0.2) is 4.79 Å². The van der Waals surface area contributed by atoms with Crippen LogP contribution in [0.25, 0.3) is 0 Å². The highest BCUT2D eigenvalue weighted by Gasteiger charge is 2.56. The molecular formula is C26H26BF6N2O3P. The minimum Gasteiger partial charge on any atom is -0.373 e. The number of ether oxygens (including phenoxy) is 1. The van der Waals surface area contributed by atoms with E-state index in [4.69, 9.17) is 12.3 Å². The van der Waals surface area contributed by atoms with Crippen molar-refractivity contribution < 1.29 is 40.7 Å². The van der Waals surface area contributed by atoms with Crippen LogP contribution in [-0.2, 0) is 27.3 Å². The highest BCUT2D eigenvalue weighted by Crippen LogP contribution is 2.49. The predicted molar refractivity (Wildman–Crippen MR) is 134 cm³/mol. The Balaban J connectivity index is 1.59. The smallest absolute Gasteiger partial charge is 0.373 e. The van der Waals surface area contributed by atoms with E-state index in [0.29, 0.717) is 25.0 Å². The second kappa shape index (κ2) is 10.4. The first-order chi connectivity index (χ1) is 18.1. The van der Waals surface area contributed by atoms with Crippen LogP contribution in [0, 0.1) is 0 Å². The zero-order chi connectivity index (χ0) is 28.8. The summed E-state index contributed by atoms with van der Waals surface area (Å²) >= 11 is 0. The van der Waals surface area contributed by atoms with Crippen molar-refractivity contribution in [3.8, 4) is 0 Å². The molecule has 2 aromatic carbocycles. The van der Waals surface area contributed by atoms with Gasteiger partial charge in [-0.2, -0.15) is 26.3 Å². The molecule has 1 spiro atoms. The molecule has 1 aliphatic carbocycles. The molecule has 208 valence electrons. The Morgan fingerprint density at radius 3 is 1.97 bits per heavy atom. The van der Waals surface area contributed by atoms with Crippen molar-refractivity contribution in [2.45, 2.75) is 62.0 Å². The van der Waals surface area contributed by atoms with Crippen LogP contribution in [0.5, 0.6) is 0 Å². The average Bonchev–Trinajstić information content (AvgIpc) is 3.11. The molecule has 0 bridgehead atoms. The number of hydrogen-bond acceptors (Lipinski definition) is 3. The molecule has 2 atom stereocenters. The molecule has 1 heterocycles. The summed E-state index contributed by atoms with van der Waals surface area (Å²) < 4.78 is 87.2. The lowest BCUT2D eigenvalue weighted by atomic mass is 9.64. The van der Waals surface area contributed by atoms with Crippen LogP contribution in [0.15, 0.2) is 48.5 Å². The van der Waals surface area contributed by atoms with Crippen molar-refractivity contribution in [1.82, 2.24) is 9.99 Å². The maximum absolute atomic E-state index is 13.4. The first kappa shape index (κ1) is 29.4. The van der Waals surface area contributed by atoms with E-state index in [1.165, 1.54) is 6.92 Å². The number of carbonyl (C=O) groups is 2. The molecule has 2 radical (unpaired) electrons. The van der Waals surface area contributed by atoms with Gasteiger partial charge in [0.15, 0.2) is 0 Å². The number of imide groups is 1. The fourth-order valence-corrected chi connectivity index (χ4v) is 6.10. The molecule has 2 aromatic rings. The summed E-state index contributed by atoms with van der Waals surface area (Å²) in [6.45, 7) is 2.98. The molecule has 0 aromatic heterocycles. The molecule has 3 amide bonds. The molecule has 4 rings (SSSR count). The van der Waals surface area contributed by atoms with E-state index in [1.54, 1.807) is 6.66 Å². The van der Waals surface area contributed by atoms with Gasteiger partial charge in [0.05, 0.1) is 23.8 Å². The minimum atomic E-state index is -4.97. The van der Waals surface area contributed by atoms with E-state index in [9.17, 15) is 35.9 Å². The summed E-state index contributed by atoms with van der Waals surface area (Å²) in [5.41, 5.74) is -4.00. The molecular weight excluding hydrogens is 544 g/mol. The molecule has 1 N–H and O–H groups in total. The Morgan fingerprint density at radius 2 is 1.51 bits per heavy atom. The number of nitrogens with zero attached hydrogens (tertiary/aromatic N) is 1. The molecule has 2 aliphatic rings. The predicted octanol–water partition coefficient (Wildman–Crippen LogP) is 6.71. The van der Waals surface area contributed by atoms with E-state index >= 15 is 0 Å². The highest BCUT2D eigenvalue weighted by molar-refractivity contribution is 7.80. The zero-order valence-corrected chi connectivity index (χ0v) is 22.1. The standard InChI is InChI=1S/C26H26BF6N2O3P/c1-16(17-12-19(25(28,29)30)14-20(13-17)26(31,32)33)38-15-23(18-6-4-3-5-7-18)8-10-24(11-9-23)21(36)35(39(2)27)22(37)34-24/h3-7,12-14,16H,8-11,15H2,1-2H3,(H,34,37)/t16-,23?,24?,39?/m1/s1. The second-order valence-electron chi connectivity index (χ2n) is 10.1. The average molecular weight is 570 g/mol. The van der Waals surface area contributed by atoms with Crippen LogP contribution in [0.4, 0.5) is 31.1 Å². The van der Waals surface area contributed by atoms with Gasteiger partial charge in [0, 0.05) is 5.41 Å². The summed E-state index contributed by atoms with van der Waals surface area (Å²) in [7, 11) is 4.40. The molecule has 1 aliphatic heterocycles. The fraction of sp³-hybridized carbons (Fsp3) is 0.462. The summed E-state index contributed by atoms with van der Waals surface area (Å²) in [6, 6.07) is 10.1. The maximum atomic E-state index is 13.4. The van der Waals surface area contributed by atoms with Gasteiger partial charge < -0.3 is 10.1 Å². The van der Waals surface area contributed by atoms with Crippen LogP contribution in [0.1, 0.15) is 61.0 Å². The van der Waals surface area contributed by atoms with Crippen molar-refractivity contribution in [2.24, 2.45) is 0 Å². The van der Waals surface area contributed by atoms with E-state index in [0.717, 1.165) is 10.2 Å². The number of halogens is 6. The van der Waals surface area contributed by atoms with E-state index < -0.39 is 54.5 Å². The Labute approximate surface area is 224 Å². The van der Waals surface area contributed by atoms with Crippen molar-refractivity contribution in [2.75, 3.05) is 13.3 Å². The molecule has 1 unspecified atom stereocenters. The van der Waals surface area contributed by atoms with E-state index in [-0.39, 0.29) is 37.0 Å². The topological polar surface area (TPSA) is 58.6 Å². The monoisotopic (exact) mass is 570 g/mol. The molecule has 5 nitrogen and oxygen atoms in total. The largest absolute Gasteiger partial charge is 0.416 e. The summed E-state index contributed by atoms with van der Waals surface area (Å²) in [5.74, 6) is -0.386. The first-order valence-electron chi connectivity index (χ1n) is 12.2. The zero-order valence-electron chi connectivity index (χ0n) is 21.2. The first-order valence-corrected chi connectivity index (χ1v) is 14.0. The van der Waals surface area contributed by atoms with Crippen LogP contribution in [0.3, 0.4) is 0 Å². The Morgan fingerprint density at radius 1 is 0.974 bits per heavy atom. The minimum absolute atomic E-state index is 0.0188. The normalized spacial score (nSPS) is 25.6. The van der Waals surface area contributed by atoms with Crippen LogP contribution < -0.4 is 5.32 Å². The van der Waals surface area contributed by atoms with Gasteiger partial charge in [0.1, 0.15) is 13.1 Å². The number of alkyl halides is 6. The highest BCUT2D eigenvalue weighted by atomic mass is 31.1. The number of hydrogen-bond donors (Lipinski definition) is 1. The number of rotatable bonds is 6. The van der Waals surface area contributed by atoms with Crippen molar-refractivity contribution in [3.05, 3.63) is 70.8 Å². The lowest BCUT2D eigenvalue weighted by molar-refractivity contribution is -0.143. The van der Waals surface area contributed by atoms with Crippen molar-refractivity contribution >= 4 is 27.5 Å². The molecule has 1 saturated heterocycles. The molecule has 1 saturated carbocycles. The van der Waals surface area contributed by atoms with Gasteiger partial charge in [-0.3, -0.25) is 9.46 Å². The van der Waals surface area contributed by atoms with E-state index in [1.807, 2.05) is 30.3 Å². The van der Waals surface area contributed by atoms with Crippen molar-refractivity contribution in [3.63, 3.8) is 0 Å². The van der Waals surface area contributed by atoms with Gasteiger partial charge in [-0.1, -0.05) is 38.3 Å². The number of amides is 3. The number of urea groups is 1. The fourth-order valence-electron chi connectivity index (χ4n) is 5.29. The number of benzene rings is 2. The van der Waals surface area contributed by atoms with Gasteiger partial charge in [-0.15, -0.1) is 0 Å². The van der Waals surface area contributed by atoms with Gasteiger partial charge in [0.25, 0.3) is 5.91 Å². The van der Waals surface area contributed by atoms with Crippen LogP contribution in [0.2, 0.25) is 0 Å². The maximum Gasteiger partial charge on any atom is 0.416 e.